The molecule has 1 aliphatic heterocycles. The van der Waals surface area contributed by atoms with E-state index in [9.17, 15) is 18.0 Å². The number of alkyl halides is 3. The van der Waals surface area contributed by atoms with E-state index >= 15 is 0 Å². The highest BCUT2D eigenvalue weighted by atomic mass is 19.4. The van der Waals surface area contributed by atoms with Gasteiger partial charge in [-0.1, -0.05) is 12.1 Å². The molecule has 116 valence electrons. The van der Waals surface area contributed by atoms with Crippen molar-refractivity contribution in [3.63, 3.8) is 0 Å². The number of rotatable bonds is 4. The summed E-state index contributed by atoms with van der Waals surface area (Å²) < 4.78 is 39.8. The topological polar surface area (TPSA) is 55.6 Å². The van der Waals surface area contributed by atoms with Gasteiger partial charge in [0.2, 0.25) is 5.91 Å². The lowest BCUT2D eigenvalue weighted by Crippen LogP contribution is -2.31. The number of carbonyl (C=O) groups excluding carboxylic acids is 1. The average molecular weight is 302 g/mol. The molecule has 4 nitrogen and oxygen atoms in total. The number of nitrogens with two attached hydrogens (primary N) is 1. The summed E-state index contributed by atoms with van der Waals surface area (Å²) in [4.78, 5) is 13.6. The van der Waals surface area contributed by atoms with Crippen molar-refractivity contribution in [1.82, 2.24) is 4.90 Å². The third-order valence-corrected chi connectivity index (χ3v) is 3.36. The molecule has 0 spiro atoms. The third kappa shape index (κ3) is 4.93. The molecule has 0 aromatic heterocycles. The molecular weight excluding hydrogens is 285 g/mol. The predicted molar refractivity (Wildman–Crippen MR) is 70.6 cm³/mol. The zero-order valence-electron chi connectivity index (χ0n) is 11.4. The molecule has 0 saturated carbocycles. The zero-order valence-corrected chi connectivity index (χ0v) is 11.4. The van der Waals surface area contributed by atoms with Crippen LogP contribution in [0.5, 0.6) is 5.75 Å². The van der Waals surface area contributed by atoms with E-state index in [1.165, 1.54) is 24.3 Å². The van der Waals surface area contributed by atoms with Crippen LogP contribution in [0.15, 0.2) is 24.3 Å². The molecule has 1 amide bonds. The second-order valence-electron chi connectivity index (χ2n) is 5.08. The van der Waals surface area contributed by atoms with Gasteiger partial charge in [0.1, 0.15) is 5.75 Å². The maximum atomic E-state index is 12.0. The van der Waals surface area contributed by atoms with Gasteiger partial charge < -0.3 is 15.4 Å². The number of amides is 1. The first-order chi connectivity index (χ1) is 9.83. The van der Waals surface area contributed by atoms with Gasteiger partial charge in [-0.05, 0) is 30.5 Å². The minimum Gasteiger partial charge on any atom is -0.406 e. The van der Waals surface area contributed by atoms with Crippen LogP contribution in [0.1, 0.15) is 18.4 Å². The molecule has 1 aromatic carbocycles. The first-order valence-electron chi connectivity index (χ1n) is 6.71. The normalized spacial score (nSPS) is 18.9. The number of halogens is 3. The number of hydrogen-bond donors (Lipinski definition) is 1. The van der Waals surface area contributed by atoms with E-state index in [1.54, 1.807) is 4.90 Å². The maximum absolute atomic E-state index is 12.0. The summed E-state index contributed by atoms with van der Waals surface area (Å²) in [6.07, 6.45) is -3.07. The first-order valence-corrected chi connectivity index (χ1v) is 6.71. The summed E-state index contributed by atoms with van der Waals surface area (Å²) >= 11 is 0. The summed E-state index contributed by atoms with van der Waals surface area (Å²) in [5, 5.41) is 0. The van der Waals surface area contributed by atoms with Crippen molar-refractivity contribution in [2.24, 2.45) is 5.73 Å². The number of ether oxygens (including phenoxy) is 1. The van der Waals surface area contributed by atoms with E-state index in [1.807, 2.05) is 0 Å². The molecule has 1 heterocycles. The van der Waals surface area contributed by atoms with Gasteiger partial charge in [0.25, 0.3) is 0 Å². The summed E-state index contributed by atoms with van der Waals surface area (Å²) in [5.74, 6) is -0.235. The Balaban J connectivity index is 1.82. The number of benzene rings is 1. The average Bonchev–Trinajstić information content (AvgIpc) is 2.82. The molecule has 0 bridgehead atoms. The van der Waals surface area contributed by atoms with Crippen LogP contribution < -0.4 is 10.5 Å². The van der Waals surface area contributed by atoms with Gasteiger partial charge in [-0.15, -0.1) is 13.2 Å². The van der Waals surface area contributed by atoms with Gasteiger partial charge in [-0.2, -0.15) is 0 Å². The summed E-state index contributed by atoms with van der Waals surface area (Å²) in [6.45, 7) is 1.26. The van der Waals surface area contributed by atoms with Crippen molar-refractivity contribution in [1.29, 1.82) is 0 Å². The van der Waals surface area contributed by atoms with Crippen LogP contribution in [0.2, 0.25) is 0 Å². The molecule has 2 N–H and O–H groups in total. The number of nitrogens with zero attached hydrogens (tertiary/aromatic N) is 1. The Morgan fingerprint density at radius 2 is 2.00 bits per heavy atom. The predicted octanol–water partition coefficient (Wildman–Crippen LogP) is 2.08. The van der Waals surface area contributed by atoms with Crippen LogP contribution in [0, 0.1) is 0 Å². The van der Waals surface area contributed by atoms with Crippen molar-refractivity contribution >= 4 is 5.91 Å². The van der Waals surface area contributed by atoms with Crippen LogP contribution in [0.4, 0.5) is 13.2 Å². The van der Waals surface area contributed by atoms with Gasteiger partial charge in [0.15, 0.2) is 0 Å². The molecule has 2 rings (SSSR count). The standard InChI is InChI=1S/C14H17F3N2O2/c15-14(16,17)21-12-4-1-10(2-5-12)3-6-13(20)19-8-7-11(18)9-19/h1-2,4-5,11H,3,6-9,18H2/t11-/m0/s1. The fraction of sp³-hybridized carbons (Fsp3) is 0.500. The van der Waals surface area contributed by atoms with Crippen LogP contribution >= 0.6 is 0 Å². The minimum absolute atomic E-state index is 0.0265. The van der Waals surface area contributed by atoms with Crippen LogP contribution in [-0.4, -0.2) is 36.3 Å². The smallest absolute Gasteiger partial charge is 0.406 e. The highest BCUT2D eigenvalue weighted by Gasteiger charge is 2.31. The van der Waals surface area contributed by atoms with Gasteiger partial charge in [-0.3, -0.25) is 4.79 Å². The number of carbonyl (C=O) groups is 1. The Bertz CT molecular complexity index is 488. The van der Waals surface area contributed by atoms with Crippen molar-refractivity contribution in [2.45, 2.75) is 31.7 Å². The van der Waals surface area contributed by atoms with Crippen LogP contribution in [0.3, 0.4) is 0 Å². The Labute approximate surface area is 120 Å². The van der Waals surface area contributed by atoms with E-state index in [-0.39, 0.29) is 17.7 Å². The number of likely N-dealkylation sites (tertiary alicyclic amines) is 1. The molecular formula is C14H17F3N2O2. The van der Waals surface area contributed by atoms with E-state index in [0.29, 0.717) is 25.9 Å². The van der Waals surface area contributed by atoms with Gasteiger partial charge in [0, 0.05) is 25.6 Å². The molecule has 1 aromatic rings. The van der Waals surface area contributed by atoms with Gasteiger partial charge in [0.05, 0.1) is 0 Å². The molecule has 7 heteroatoms. The molecule has 1 fully saturated rings. The van der Waals surface area contributed by atoms with Gasteiger partial charge in [-0.25, -0.2) is 0 Å². The molecule has 1 atom stereocenters. The fourth-order valence-corrected chi connectivity index (χ4v) is 2.28. The zero-order chi connectivity index (χ0) is 15.5. The second kappa shape index (κ2) is 6.34. The molecule has 0 radical (unpaired) electrons. The molecule has 1 aliphatic rings. The molecule has 0 aliphatic carbocycles. The Morgan fingerprint density at radius 3 is 2.52 bits per heavy atom. The maximum Gasteiger partial charge on any atom is 0.573 e. The van der Waals surface area contributed by atoms with Crippen molar-refractivity contribution in [3.05, 3.63) is 29.8 Å². The molecule has 0 unspecified atom stereocenters. The Hall–Kier alpha value is -1.76. The van der Waals surface area contributed by atoms with Crippen LogP contribution in [0.25, 0.3) is 0 Å². The SMILES string of the molecule is N[C@H]1CCN(C(=O)CCc2ccc(OC(F)(F)F)cc2)C1. The lowest BCUT2D eigenvalue weighted by atomic mass is 10.1. The summed E-state index contributed by atoms with van der Waals surface area (Å²) in [6, 6.07) is 5.61. The van der Waals surface area contributed by atoms with E-state index < -0.39 is 6.36 Å². The minimum atomic E-state index is -4.69. The molecule has 1 saturated heterocycles. The lowest BCUT2D eigenvalue weighted by Gasteiger charge is -2.15. The Kier molecular flexibility index (Phi) is 4.72. The van der Waals surface area contributed by atoms with E-state index in [0.717, 1.165) is 12.0 Å². The monoisotopic (exact) mass is 302 g/mol. The van der Waals surface area contributed by atoms with Crippen molar-refractivity contribution < 1.29 is 22.7 Å². The highest BCUT2D eigenvalue weighted by molar-refractivity contribution is 5.76. The molecule has 21 heavy (non-hydrogen) atoms. The number of hydrogen-bond acceptors (Lipinski definition) is 3. The van der Waals surface area contributed by atoms with Crippen molar-refractivity contribution in [3.8, 4) is 5.75 Å². The fourth-order valence-electron chi connectivity index (χ4n) is 2.28. The van der Waals surface area contributed by atoms with Gasteiger partial charge >= 0.3 is 6.36 Å². The second-order valence-corrected chi connectivity index (χ2v) is 5.08. The quantitative estimate of drug-likeness (QED) is 0.926. The highest BCUT2D eigenvalue weighted by Crippen LogP contribution is 2.23. The van der Waals surface area contributed by atoms with Crippen LogP contribution in [-0.2, 0) is 11.2 Å². The summed E-state index contributed by atoms with van der Waals surface area (Å²) in [7, 11) is 0. The lowest BCUT2D eigenvalue weighted by molar-refractivity contribution is -0.274. The van der Waals surface area contributed by atoms with E-state index in [2.05, 4.69) is 4.74 Å². The third-order valence-electron chi connectivity index (χ3n) is 3.36. The van der Waals surface area contributed by atoms with Crippen molar-refractivity contribution in [2.75, 3.05) is 13.1 Å². The largest absolute Gasteiger partial charge is 0.573 e. The van der Waals surface area contributed by atoms with E-state index in [4.69, 9.17) is 5.73 Å². The number of aryl methyl sites for hydroxylation is 1. The first kappa shape index (κ1) is 15.6. The Morgan fingerprint density at radius 1 is 1.33 bits per heavy atom. The summed E-state index contributed by atoms with van der Waals surface area (Å²) in [5.41, 5.74) is 6.53.